The first-order chi connectivity index (χ1) is 4.22. The van der Waals surface area contributed by atoms with E-state index in [1.54, 1.807) is 0 Å². The van der Waals surface area contributed by atoms with E-state index in [0.717, 1.165) is 0 Å². The third kappa shape index (κ3) is 4.99. The monoisotopic (exact) mass is 151 g/mol. The van der Waals surface area contributed by atoms with Crippen molar-refractivity contribution < 1.29 is 39.5 Å². The molecule has 0 aromatic rings. The average molecular weight is 151 g/mol. The summed E-state index contributed by atoms with van der Waals surface area (Å²) in [7, 11) is 0. The number of hydrogen-bond acceptors (Lipinski definition) is 3. The van der Waals surface area contributed by atoms with Gasteiger partial charge in [0.15, 0.2) is 0 Å². The molecule has 0 rings (SSSR count). The van der Waals surface area contributed by atoms with Crippen LogP contribution in [-0.2, 0) is 4.79 Å². The van der Waals surface area contributed by atoms with Gasteiger partial charge in [0.1, 0.15) is 0 Å². The molecule has 0 fully saturated rings. The first-order valence-corrected chi connectivity index (χ1v) is 2.74. The van der Waals surface area contributed by atoms with Crippen LogP contribution < -0.4 is 40.4 Å². The molecule has 0 aliphatic heterocycles. The molecule has 2 N–H and O–H groups in total. The molecule has 0 saturated carbocycles. The largest absolute Gasteiger partial charge is 1.00 e. The van der Waals surface area contributed by atoms with Crippen molar-refractivity contribution in [2.24, 2.45) is 11.7 Å². The first kappa shape index (κ1) is 12.8. The summed E-state index contributed by atoms with van der Waals surface area (Å²) in [6, 6.07) is 0. The van der Waals surface area contributed by atoms with Gasteiger partial charge in [0.05, 0.1) is 0 Å². The predicted molar refractivity (Wildman–Crippen MR) is 32.4 cm³/mol. The minimum absolute atomic E-state index is 0. The SMILES string of the molecule is C=CCC(CN)C(=O)[O-].[Na+]. The number of carbonyl (C=O) groups excluding carboxylic acids is 1. The molecular formula is C6H10NNaO2. The molecule has 0 bridgehead atoms. The van der Waals surface area contributed by atoms with Crippen LogP contribution in [0.25, 0.3) is 0 Å². The van der Waals surface area contributed by atoms with Crippen LogP contribution in [0.3, 0.4) is 0 Å². The molecule has 52 valence electrons. The molecule has 0 spiro atoms. The van der Waals surface area contributed by atoms with E-state index >= 15 is 0 Å². The van der Waals surface area contributed by atoms with Crippen molar-refractivity contribution >= 4 is 5.97 Å². The number of carboxylic acids is 1. The minimum atomic E-state index is -1.10. The Morgan fingerprint density at radius 1 is 1.80 bits per heavy atom. The molecule has 1 unspecified atom stereocenters. The molecule has 0 aliphatic carbocycles. The number of rotatable bonds is 4. The van der Waals surface area contributed by atoms with E-state index in [4.69, 9.17) is 5.73 Å². The van der Waals surface area contributed by atoms with E-state index in [9.17, 15) is 9.90 Å². The van der Waals surface area contributed by atoms with E-state index in [1.165, 1.54) is 6.08 Å². The van der Waals surface area contributed by atoms with Crippen LogP contribution in [0.15, 0.2) is 12.7 Å². The van der Waals surface area contributed by atoms with Gasteiger partial charge >= 0.3 is 29.6 Å². The Morgan fingerprint density at radius 3 is 2.40 bits per heavy atom. The van der Waals surface area contributed by atoms with Crippen molar-refractivity contribution in [2.45, 2.75) is 6.42 Å². The quantitative estimate of drug-likeness (QED) is 0.328. The van der Waals surface area contributed by atoms with Crippen LogP contribution in [0.1, 0.15) is 6.42 Å². The van der Waals surface area contributed by atoms with Gasteiger partial charge in [-0.25, -0.2) is 0 Å². The topological polar surface area (TPSA) is 66.2 Å². The van der Waals surface area contributed by atoms with Crippen LogP contribution in [0.2, 0.25) is 0 Å². The molecule has 0 radical (unpaired) electrons. The summed E-state index contributed by atoms with van der Waals surface area (Å²) in [6.07, 6.45) is 1.91. The molecule has 0 aromatic heterocycles. The molecule has 0 aliphatic rings. The van der Waals surface area contributed by atoms with Gasteiger partial charge in [0.25, 0.3) is 0 Å². The summed E-state index contributed by atoms with van der Waals surface area (Å²) in [4.78, 5) is 10.1. The Morgan fingerprint density at radius 2 is 2.30 bits per heavy atom. The molecule has 10 heavy (non-hydrogen) atoms. The van der Waals surface area contributed by atoms with E-state index in [1.807, 2.05) is 0 Å². The fourth-order valence-electron chi connectivity index (χ4n) is 0.490. The van der Waals surface area contributed by atoms with Gasteiger partial charge < -0.3 is 15.6 Å². The van der Waals surface area contributed by atoms with Crippen LogP contribution in [-0.4, -0.2) is 12.5 Å². The average Bonchev–Trinajstić information content (AvgIpc) is 1.82. The third-order valence-electron chi connectivity index (χ3n) is 1.07. The molecule has 0 heterocycles. The summed E-state index contributed by atoms with van der Waals surface area (Å²) in [5.41, 5.74) is 5.09. The summed E-state index contributed by atoms with van der Waals surface area (Å²) in [5, 5.41) is 10.1. The molecule has 4 heteroatoms. The molecule has 1 atom stereocenters. The number of allylic oxidation sites excluding steroid dienone is 1. The Hall–Kier alpha value is 0.170. The van der Waals surface area contributed by atoms with Gasteiger partial charge in [-0.3, -0.25) is 0 Å². The van der Waals surface area contributed by atoms with Gasteiger partial charge in [-0.1, -0.05) is 6.08 Å². The van der Waals surface area contributed by atoms with Crippen LogP contribution >= 0.6 is 0 Å². The van der Waals surface area contributed by atoms with Crippen LogP contribution in [0.4, 0.5) is 0 Å². The fraction of sp³-hybridized carbons (Fsp3) is 0.500. The molecule has 0 amide bonds. The summed E-state index contributed by atoms with van der Waals surface area (Å²) < 4.78 is 0. The maximum absolute atomic E-state index is 10.1. The van der Waals surface area contributed by atoms with Crippen LogP contribution in [0.5, 0.6) is 0 Å². The number of carboxylic acid groups (broad SMARTS) is 1. The van der Waals surface area contributed by atoms with E-state index in [2.05, 4.69) is 6.58 Å². The third-order valence-corrected chi connectivity index (χ3v) is 1.07. The maximum Gasteiger partial charge on any atom is 1.00 e. The smallest absolute Gasteiger partial charge is 0.550 e. The number of hydrogen-bond donors (Lipinski definition) is 1. The normalized spacial score (nSPS) is 11.3. The number of aliphatic carboxylic acids is 1. The predicted octanol–water partition coefficient (Wildman–Crippen LogP) is -4.11. The van der Waals surface area contributed by atoms with Gasteiger partial charge in [0, 0.05) is 18.4 Å². The van der Waals surface area contributed by atoms with Crippen LogP contribution in [0, 0.1) is 5.92 Å². The second kappa shape index (κ2) is 7.28. The second-order valence-electron chi connectivity index (χ2n) is 1.78. The Kier molecular flexibility index (Phi) is 9.33. The zero-order chi connectivity index (χ0) is 7.28. The van der Waals surface area contributed by atoms with Crippen molar-refractivity contribution in [1.29, 1.82) is 0 Å². The summed E-state index contributed by atoms with van der Waals surface area (Å²) >= 11 is 0. The van der Waals surface area contributed by atoms with E-state index in [0.29, 0.717) is 6.42 Å². The Bertz CT molecular complexity index is 116. The Balaban J connectivity index is 0. The summed E-state index contributed by atoms with van der Waals surface area (Å²) in [5.74, 6) is -1.67. The first-order valence-electron chi connectivity index (χ1n) is 2.74. The van der Waals surface area contributed by atoms with Gasteiger partial charge in [-0.15, -0.1) is 6.58 Å². The standard InChI is InChI=1S/C6H11NO2.Na/c1-2-3-5(4-7)6(8)9;/h2,5H,1,3-4,7H2,(H,8,9);/q;+1/p-1. The van der Waals surface area contributed by atoms with Crippen molar-refractivity contribution in [1.82, 2.24) is 0 Å². The minimum Gasteiger partial charge on any atom is -0.550 e. The van der Waals surface area contributed by atoms with Gasteiger partial charge in [-0.05, 0) is 6.42 Å². The molecule has 3 nitrogen and oxygen atoms in total. The second-order valence-corrected chi connectivity index (χ2v) is 1.78. The number of carbonyl (C=O) groups is 1. The fourth-order valence-corrected chi connectivity index (χ4v) is 0.490. The zero-order valence-corrected chi connectivity index (χ0v) is 8.17. The summed E-state index contributed by atoms with van der Waals surface area (Å²) in [6.45, 7) is 3.50. The van der Waals surface area contributed by atoms with Crippen molar-refractivity contribution in [3.05, 3.63) is 12.7 Å². The molecular weight excluding hydrogens is 141 g/mol. The van der Waals surface area contributed by atoms with E-state index < -0.39 is 11.9 Å². The van der Waals surface area contributed by atoms with Crippen molar-refractivity contribution in [3.63, 3.8) is 0 Å². The molecule has 0 aromatic carbocycles. The number of nitrogens with two attached hydrogens (primary N) is 1. The van der Waals surface area contributed by atoms with E-state index in [-0.39, 0.29) is 36.1 Å². The van der Waals surface area contributed by atoms with Gasteiger partial charge in [0.2, 0.25) is 0 Å². The Labute approximate surface area is 82.6 Å². The van der Waals surface area contributed by atoms with Crippen molar-refractivity contribution in [2.75, 3.05) is 6.54 Å². The zero-order valence-electron chi connectivity index (χ0n) is 6.17. The van der Waals surface area contributed by atoms with Crippen molar-refractivity contribution in [3.8, 4) is 0 Å². The maximum atomic E-state index is 10.1. The van der Waals surface area contributed by atoms with Gasteiger partial charge in [-0.2, -0.15) is 0 Å². The molecule has 0 saturated heterocycles.